The van der Waals surface area contributed by atoms with E-state index >= 15 is 0 Å². The van der Waals surface area contributed by atoms with Gasteiger partial charge in [0.05, 0.1) is 12.3 Å². The van der Waals surface area contributed by atoms with Crippen LogP contribution in [0, 0.1) is 0 Å². The van der Waals surface area contributed by atoms with Crippen LogP contribution < -0.4 is 15.4 Å². The van der Waals surface area contributed by atoms with Gasteiger partial charge in [0.1, 0.15) is 21.7 Å². The normalized spacial score (nSPS) is 17.7. The van der Waals surface area contributed by atoms with Crippen LogP contribution in [-0.2, 0) is 9.84 Å². The van der Waals surface area contributed by atoms with E-state index < -0.39 is 9.84 Å². The molecular weight excluding hydrogens is 412 g/mol. The lowest BCUT2D eigenvalue weighted by Crippen LogP contribution is -2.49. The monoisotopic (exact) mass is 444 g/mol. The molecule has 0 aliphatic carbocycles. The molecular formula is C20H33ClN4O3S. The van der Waals surface area contributed by atoms with E-state index in [1.165, 1.54) is 6.26 Å². The number of benzene rings is 1. The van der Waals surface area contributed by atoms with E-state index in [-0.39, 0.29) is 11.9 Å². The van der Waals surface area contributed by atoms with Gasteiger partial charge in [0.25, 0.3) is 0 Å². The average Bonchev–Trinajstić information content (AvgIpc) is 2.67. The maximum atomic E-state index is 11.3. The zero-order valence-electron chi connectivity index (χ0n) is 17.5. The molecule has 0 bridgehead atoms. The lowest BCUT2D eigenvalue weighted by molar-refractivity contribution is 0.215. The molecule has 0 saturated carbocycles. The third-order valence-corrected chi connectivity index (χ3v) is 5.88. The molecule has 1 fully saturated rings. The van der Waals surface area contributed by atoms with Crippen molar-refractivity contribution in [2.75, 3.05) is 44.7 Å². The first-order valence-corrected chi connectivity index (χ1v) is 12.6. The highest BCUT2D eigenvalue weighted by molar-refractivity contribution is 7.90. The lowest BCUT2D eigenvalue weighted by Gasteiger charge is -2.33. The molecule has 1 atom stereocenters. The Labute approximate surface area is 179 Å². The molecule has 1 aliphatic rings. The first kappa shape index (κ1) is 23.8. The summed E-state index contributed by atoms with van der Waals surface area (Å²) in [6, 6.07) is 7.64. The third-order valence-electron chi connectivity index (χ3n) is 4.71. The van der Waals surface area contributed by atoms with Gasteiger partial charge < -0.3 is 20.3 Å². The van der Waals surface area contributed by atoms with Crippen LogP contribution in [0.5, 0.6) is 5.75 Å². The topological polar surface area (TPSA) is 83.0 Å². The number of hydrogen-bond acceptors (Lipinski definition) is 5. The van der Waals surface area contributed by atoms with Crippen LogP contribution in [-0.4, -0.2) is 76.2 Å². The second-order valence-corrected chi connectivity index (χ2v) is 10.2. The van der Waals surface area contributed by atoms with Crippen molar-refractivity contribution in [1.29, 1.82) is 0 Å². The van der Waals surface area contributed by atoms with Gasteiger partial charge >= 0.3 is 0 Å². The van der Waals surface area contributed by atoms with Crippen molar-refractivity contribution in [3.63, 3.8) is 0 Å². The zero-order chi connectivity index (χ0) is 21.3. The van der Waals surface area contributed by atoms with Gasteiger partial charge in [0, 0.05) is 43.5 Å². The van der Waals surface area contributed by atoms with Crippen LogP contribution >= 0.6 is 11.6 Å². The molecule has 0 aromatic heterocycles. The molecule has 1 saturated heterocycles. The fourth-order valence-corrected chi connectivity index (χ4v) is 3.83. The summed E-state index contributed by atoms with van der Waals surface area (Å²) in [5, 5.41) is 7.47. The van der Waals surface area contributed by atoms with Crippen molar-refractivity contribution < 1.29 is 13.2 Å². The number of ether oxygens (including phenoxy) is 1. The summed E-state index contributed by atoms with van der Waals surface area (Å²) in [6.07, 6.45) is 3.15. The predicted molar refractivity (Wildman–Crippen MR) is 120 cm³/mol. The van der Waals surface area contributed by atoms with Crippen molar-refractivity contribution in [3.8, 4) is 5.75 Å². The molecule has 1 heterocycles. The van der Waals surface area contributed by atoms with Gasteiger partial charge in [-0.05, 0) is 51.0 Å². The Morgan fingerprint density at radius 1 is 1.31 bits per heavy atom. The second kappa shape index (κ2) is 11.6. The van der Waals surface area contributed by atoms with Gasteiger partial charge in [-0.15, -0.1) is 0 Å². The first-order valence-electron chi connectivity index (χ1n) is 10.1. The molecule has 0 spiro atoms. The number of guanidine groups is 1. The number of nitrogens with zero attached hydrogens (tertiary/aromatic N) is 2. The van der Waals surface area contributed by atoms with Crippen LogP contribution in [0.1, 0.15) is 26.7 Å². The van der Waals surface area contributed by atoms with E-state index in [0.29, 0.717) is 24.2 Å². The molecule has 1 aliphatic heterocycles. The minimum atomic E-state index is -2.91. The van der Waals surface area contributed by atoms with Gasteiger partial charge in [-0.3, -0.25) is 0 Å². The Morgan fingerprint density at radius 2 is 1.97 bits per heavy atom. The Hall–Kier alpha value is -1.51. The highest BCUT2D eigenvalue weighted by atomic mass is 35.5. The molecule has 1 aromatic rings. The van der Waals surface area contributed by atoms with E-state index in [2.05, 4.69) is 20.5 Å². The van der Waals surface area contributed by atoms with Crippen molar-refractivity contribution in [1.82, 2.24) is 15.5 Å². The summed E-state index contributed by atoms with van der Waals surface area (Å²) >= 11 is 5.90. The molecule has 1 unspecified atom stereocenters. The molecule has 7 nitrogen and oxygen atoms in total. The van der Waals surface area contributed by atoms with Gasteiger partial charge in [0.15, 0.2) is 5.96 Å². The predicted octanol–water partition coefficient (Wildman–Crippen LogP) is 2.17. The summed E-state index contributed by atoms with van der Waals surface area (Å²) in [6.45, 7) is 7.74. The molecule has 0 radical (unpaired) electrons. The lowest BCUT2D eigenvalue weighted by atomic mass is 10.1. The van der Waals surface area contributed by atoms with Crippen LogP contribution in [0.15, 0.2) is 29.3 Å². The number of piperidine rings is 1. The number of hydrogen-bond donors (Lipinski definition) is 2. The molecule has 1 aromatic carbocycles. The number of aliphatic imine (C=N–C) groups is 1. The van der Waals surface area contributed by atoms with Crippen molar-refractivity contribution in [2.45, 2.75) is 38.8 Å². The number of halogens is 1. The van der Waals surface area contributed by atoms with Gasteiger partial charge in [-0.1, -0.05) is 11.6 Å². The van der Waals surface area contributed by atoms with Crippen LogP contribution in [0.4, 0.5) is 0 Å². The highest BCUT2D eigenvalue weighted by Gasteiger charge is 2.20. The molecule has 2 N–H and O–H groups in total. The maximum absolute atomic E-state index is 11.3. The molecule has 9 heteroatoms. The highest BCUT2D eigenvalue weighted by Crippen LogP contribution is 2.17. The van der Waals surface area contributed by atoms with E-state index in [0.717, 1.165) is 44.2 Å². The van der Waals surface area contributed by atoms with E-state index in [1.807, 2.05) is 26.0 Å². The minimum Gasteiger partial charge on any atom is -0.489 e. The van der Waals surface area contributed by atoms with Crippen LogP contribution in [0.3, 0.4) is 0 Å². The number of sulfone groups is 1. The van der Waals surface area contributed by atoms with E-state index in [1.54, 1.807) is 12.1 Å². The van der Waals surface area contributed by atoms with Gasteiger partial charge in [-0.2, -0.15) is 0 Å². The van der Waals surface area contributed by atoms with Crippen LogP contribution in [0.2, 0.25) is 5.02 Å². The van der Waals surface area contributed by atoms with Crippen molar-refractivity contribution in [3.05, 3.63) is 29.3 Å². The van der Waals surface area contributed by atoms with Crippen molar-refractivity contribution >= 4 is 27.4 Å². The van der Waals surface area contributed by atoms with Crippen LogP contribution in [0.25, 0.3) is 0 Å². The van der Waals surface area contributed by atoms with E-state index in [9.17, 15) is 8.42 Å². The molecule has 164 valence electrons. The summed E-state index contributed by atoms with van der Waals surface area (Å²) in [5.74, 6) is 1.78. The second-order valence-electron chi connectivity index (χ2n) is 7.49. The summed E-state index contributed by atoms with van der Waals surface area (Å²) in [7, 11) is -2.91. The third kappa shape index (κ3) is 9.69. The average molecular weight is 445 g/mol. The van der Waals surface area contributed by atoms with Crippen molar-refractivity contribution in [2.24, 2.45) is 4.99 Å². The Bertz CT molecular complexity index is 747. The van der Waals surface area contributed by atoms with E-state index in [4.69, 9.17) is 16.3 Å². The number of rotatable bonds is 9. The van der Waals surface area contributed by atoms with Gasteiger partial charge in [0.2, 0.25) is 0 Å². The first-order chi connectivity index (χ1) is 13.7. The molecule has 2 rings (SSSR count). The minimum absolute atomic E-state index is 0.0653. The van der Waals surface area contributed by atoms with Gasteiger partial charge in [-0.25, -0.2) is 13.4 Å². The Morgan fingerprint density at radius 3 is 2.55 bits per heavy atom. The maximum Gasteiger partial charge on any atom is 0.191 e. The summed E-state index contributed by atoms with van der Waals surface area (Å²) < 4.78 is 28.5. The standard InChI is InChI=1S/C20H33ClN4O3S/c1-4-22-20(23-15-16(2)28-19-7-5-17(21)6-8-19)24-18-9-11-25(12-10-18)13-14-29(3,26)27/h5-8,16,18H,4,9-15H2,1-3H3,(H2,22,23,24). The smallest absolute Gasteiger partial charge is 0.191 e. The molecule has 29 heavy (non-hydrogen) atoms. The summed E-state index contributed by atoms with van der Waals surface area (Å²) in [4.78, 5) is 6.87. The number of nitrogens with one attached hydrogen (secondary N) is 2. The largest absolute Gasteiger partial charge is 0.489 e. The fraction of sp³-hybridized carbons (Fsp3) is 0.650. The Balaban J connectivity index is 1.79. The quantitative estimate of drug-likeness (QED) is 0.448. The SMILES string of the molecule is CCNC(=NCC(C)Oc1ccc(Cl)cc1)NC1CCN(CCS(C)(=O)=O)CC1. The Kier molecular flexibility index (Phi) is 9.52. The molecule has 0 amide bonds. The zero-order valence-corrected chi connectivity index (χ0v) is 19.1. The fourth-order valence-electron chi connectivity index (χ4n) is 3.11. The number of likely N-dealkylation sites (tertiary alicyclic amines) is 1. The summed E-state index contributed by atoms with van der Waals surface area (Å²) in [5.41, 5.74) is 0.